The Hall–Kier alpha value is -2.31. The van der Waals surface area contributed by atoms with Crippen LogP contribution in [0.15, 0.2) is 36.4 Å². The predicted molar refractivity (Wildman–Crippen MR) is 61.2 cm³/mol. The number of hydrogen-bond acceptors (Lipinski definition) is 1. The highest BCUT2D eigenvalue weighted by Gasteiger charge is 2.36. The van der Waals surface area contributed by atoms with E-state index in [-0.39, 0.29) is 0 Å². The van der Waals surface area contributed by atoms with Crippen LogP contribution in [0.3, 0.4) is 0 Å². The van der Waals surface area contributed by atoms with Gasteiger partial charge in [-0.3, -0.25) is 4.79 Å². The van der Waals surface area contributed by atoms with Crippen LogP contribution in [0.25, 0.3) is 0 Å². The molecule has 1 nitrogen and oxygen atoms in total. The molecule has 2 aromatic rings. The van der Waals surface area contributed by atoms with Gasteiger partial charge in [-0.25, -0.2) is 13.2 Å². The van der Waals surface area contributed by atoms with E-state index < -0.39 is 46.1 Å². The van der Waals surface area contributed by atoms with Crippen molar-refractivity contribution < 1.29 is 31.1 Å². The zero-order valence-electron chi connectivity index (χ0n) is 10.1. The van der Waals surface area contributed by atoms with E-state index in [0.29, 0.717) is 18.2 Å². The molecule has 0 aliphatic rings. The second-order valence-electron chi connectivity index (χ2n) is 4.11. The van der Waals surface area contributed by atoms with E-state index in [4.69, 9.17) is 0 Å². The lowest BCUT2D eigenvalue weighted by atomic mass is 9.97. The van der Waals surface area contributed by atoms with E-state index in [1.54, 1.807) is 0 Å². The summed E-state index contributed by atoms with van der Waals surface area (Å²) in [6.07, 6.45) is -4.96. The molecule has 0 aliphatic heterocycles. The summed E-state index contributed by atoms with van der Waals surface area (Å²) >= 11 is 0. The normalized spacial score (nSPS) is 11.5. The Kier molecular flexibility index (Phi) is 3.76. The molecule has 7 heteroatoms. The number of rotatable bonds is 2. The largest absolute Gasteiger partial charge is 0.417 e. The maximum Gasteiger partial charge on any atom is 0.417 e. The van der Waals surface area contributed by atoms with E-state index in [9.17, 15) is 31.1 Å². The molecule has 0 atom stereocenters. The van der Waals surface area contributed by atoms with Crippen molar-refractivity contribution in [3.8, 4) is 0 Å². The highest BCUT2D eigenvalue weighted by molar-refractivity contribution is 6.10. The Morgan fingerprint density at radius 1 is 0.905 bits per heavy atom. The van der Waals surface area contributed by atoms with Gasteiger partial charge in [0.15, 0.2) is 5.78 Å². The van der Waals surface area contributed by atoms with Crippen molar-refractivity contribution in [3.63, 3.8) is 0 Å². The van der Waals surface area contributed by atoms with Gasteiger partial charge in [0.1, 0.15) is 17.5 Å². The number of ketones is 1. The quantitative estimate of drug-likeness (QED) is 0.595. The lowest BCUT2D eigenvalue weighted by molar-refractivity contribution is -0.137. The van der Waals surface area contributed by atoms with Crippen molar-refractivity contribution in [2.24, 2.45) is 0 Å². The molecule has 0 aromatic heterocycles. The molecular weight excluding hydrogens is 298 g/mol. The lowest BCUT2D eigenvalue weighted by Crippen LogP contribution is -2.16. The fourth-order valence-electron chi connectivity index (χ4n) is 1.80. The number of halogens is 6. The standard InChI is InChI=1S/C14H6F6O/c15-7-4-5-9(14(18,19)20)8(6-7)13(21)12-10(16)2-1-3-11(12)17/h1-6H. The van der Waals surface area contributed by atoms with Crippen molar-refractivity contribution in [2.75, 3.05) is 0 Å². The van der Waals surface area contributed by atoms with E-state index in [2.05, 4.69) is 0 Å². The van der Waals surface area contributed by atoms with Gasteiger partial charge in [0.2, 0.25) is 0 Å². The van der Waals surface area contributed by atoms with Crippen LogP contribution < -0.4 is 0 Å². The summed E-state index contributed by atoms with van der Waals surface area (Å²) in [7, 11) is 0. The average molecular weight is 304 g/mol. The third-order valence-electron chi connectivity index (χ3n) is 2.72. The van der Waals surface area contributed by atoms with Gasteiger partial charge in [-0.15, -0.1) is 0 Å². The van der Waals surface area contributed by atoms with Crippen LogP contribution in [-0.2, 0) is 6.18 Å². The highest BCUT2D eigenvalue weighted by Crippen LogP contribution is 2.34. The van der Waals surface area contributed by atoms with E-state index in [0.717, 1.165) is 18.2 Å². The smallest absolute Gasteiger partial charge is 0.288 e. The molecule has 0 heterocycles. The minimum absolute atomic E-state index is 0.303. The van der Waals surface area contributed by atoms with Crippen LogP contribution in [0.2, 0.25) is 0 Å². The summed E-state index contributed by atoms with van der Waals surface area (Å²) in [5.41, 5.74) is -3.77. The minimum atomic E-state index is -4.96. The molecule has 110 valence electrons. The van der Waals surface area contributed by atoms with Crippen LogP contribution >= 0.6 is 0 Å². The fourth-order valence-corrected chi connectivity index (χ4v) is 1.80. The van der Waals surface area contributed by atoms with Gasteiger partial charge in [0.05, 0.1) is 11.1 Å². The summed E-state index contributed by atoms with van der Waals surface area (Å²) in [6, 6.07) is 3.57. The fraction of sp³-hybridized carbons (Fsp3) is 0.0714. The Bertz CT molecular complexity index is 685. The van der Waals surface area contributed by atoms with Gasteiger partial charge in [0.25, 0.3) is 0 Å². The second-order valence-corrected chi connectivity index (χ2v) is 4.11. The molecule has 2 aromatic carbocycles. The molecule has 2 rings (SSSR count). The van der Waals surface area contributed by atoms with Gasteiger partial charge in [-0.05, 0) is 30.3 Å². The van der Waals surface area contributed by atoms with Crippen LogP contribution in [0, 0.1) is 17.5 Å². The van der Waals surface area contributed by atoms with Gasteiger partial charge in [-0.2, -0.15) is 13.2 Å². The van der Waals surface area contributed by atoms with Crippen LogP contribution in [-0.4, -0.2) is 5.78 Å². The molecule has 0 saturated carbocycles. The van der Waals surface area contributed by atoms with Crippen LogP contribution in [0.4, 0.5) is 26.3 Å². The molecule has 0 fully saturated rings. The zero-order chi connectivity index (χ0) is 15.8. The minimum Gasteiger partial charge on any atom is -0.288 e. The van der Waals surface area contributed by atoms with Crippen molar-refractivity contribution in [1.82, 2.24) is 0 Å². The molecule has 0 aliphatic carbocycles. The molecular formula is C14H6F6O. The first-order chi connectivity index (χ1) is 9.71. The third-order valence-corrected chi connectivity index (χ3v) is 2.72. The maximum atomic E-state index is 13.5. The van der Waals surface area contributed by atoms with Gasteiger partial charge >= 0.3 is 6.18 Å². The SMILES string of the molecule is O=C(c1cc(F)ccc1C(F)(F)F)c1c(F)cccc1F. The van der Waals surface area contributed by atoms with E-state index >= 15 is 0 Å². The molecule has 0 N–H and O–H groups in total. The molecule has 0 bridgehead atoms. The summed E-state index contributed by atoms with van der Waals surface area (Å²) in [5, 5.41) is 0. The first-order valence-corrected chi connectivity index (χ1v) is 5.57. The Balaban J connectivity index is 2.67. The van der Waals surface area contributed by atoms with E-state index in [1.165, 1.54) is 0 Å². The van der Waals surface area contributed by atoms with E-state index in [1.807, 2.05) is 0 Å². The van der Waals surface area contributed by atoms with Crippen molar-refractivity contribution in [1.29, 1.82) is 0 Å². The molecule has 0 amide bonds. The summed E-state index contributed by atoms with van der Waals surface area (Å²) < 4.78 is 78.4. The molecule has 0 spiro atoms. The monoisotopic (exact) mass is 304 g/mol. The Labute approximate surface area is 114 Å². The van der Waals surface area contributed by atoms with Crippen molar-refractivity contribution >= 4 is 5.78 Å². The summed E-state index contributed by atoms with van der Waals surface area (Å²) in [4.78, 5) is 12.0. The van der Waals surface area contributed by atoms with Gasteiger partial charge in [-0.1, -0.05) is 6.07 Å². The molecule has 21 heavy (non-hydrogen) atoms. The zero-order valence-corrected chi connectivity index (χ0v) is 10.1. The van der Waals surface area contributed by atoms with Gasteiger partial charge in [0, 0.05) is 5.56 Å². The third kappa shape index (κ3) is 2.91. The first kappa shape index (κ1) is 15.1. The number of alkyl halides is 3. The van der Waals surface area contributed by atoms with Crippen LogP contribution in [0.1, 0.15) is 21.5 Å². The topological polar surface area (TPSA) is 17.1 Å². The number of benzene rings is 2. The molecule has 0 saturated heterocycles. The summed E-state index contributed by atoms with van der Waals surface area (Å²) in [6.45, 7) is 0. The Morgan fingerprint density at radius 3 is 2.00 bits per heavy atom. The van der Waals surface area contributed by atoms with Gasteiger partial charge < -0.3 is 0 Å². The van der Waals surface area contributed by atoms with Crippen LogP contribution in [0.5, 0.6) is 0 Å². The summed E-state index contributed by atoms with van der Waals surface area (Å²) in [5.74, 6) is -5.34. The predicted octanol–water partition coefficient (Wildman–Crippen LogP) is 4.35. The lowest BCUT2D eigenvalue weighted by Gasteiger charge is -2.12. The first-order valence-electron chi connectivity index (χ1n) is 5.57. The van der Waals surface area contributed by atoms with Crippen molar-refractivity contribution in [3.05, 3.63) is 70.5 Å². The second kappa shape index (κ2) is 5.23. The molecule has 0 unspecified atom stereocenters. The highest BCUT2D eigenvalue weighted by atomic mass is 19.4. The Morgan fingerprint density at radius 2 is 1.48 bits per heavy atom. The number of carbonyl (C=O) groups excluding carboxylic acids is 1. The number of hydrogen-bond donors (Lipinski definition) is 0. The van der Waals surface area contributed by atoms with Crippen molar-refractivity contribution in [2.45, 2.75) is 6.18 Å². The number of carbonyl (C=O) groups is 1. The molecule has 0 radical (unpaired) electrons. The average Bonchev–Trinajstić information content (AvgIpc) is 2.36. The maximum absolute atomic E-state index is 13.5.